The second kappa shape index (κ2) is 6.11. The minimum Gasteiger partial charge on any atom is -0.357 e. The van der Waals surface area contributed by atoms with Crippen molar-refractivity contribution in [3.8, 4) is 6.07 Å². The summed E-state index contributed by atoms with van der Waals surface area (Å²) in [6, 6.07) is 3.89. The zero-order valence-corrected chi connectivity index (χ0v) is 12.6. The maximum Gasteiger partial charge on any atom is 0.150 e. The molecule has 2 rings (SSSR count). The van der Waals surface area contributed by atoms with Gasteiger partial charge in [0.05, 0.1) is 5.69 Å². The van der Waals surface area contributed by atoms with Crippen LogP contribution in [0.3, 0.4) is 0 Å². The fourth-order valence-corrected chi connectivity index (χ4v) is 2.73. The van der Waals surface area contributed by atoms with Crippen molar-refractivity contribution in [1.82, 2.24) is 4.98 Å². The van der Waals surface area contributed by atoms with Crippen molar-refractivity contribution in [2.45, 2.75) is 6.92 Å². The second-order valence-electron chi connectivity index (χ2n) is 3.85. The van der Waals surface area contributed by atoms with E-state index in [0.717, 1.165) is 17.8 Å². The van der Waals surface area contributed by atoms with E-state index in [1.807, 2.05) is 18.4 Å². The first-order valence-corrected chi connectivity index (χ1v) is 7.12. The fourth-order valence-electron chi connectivity index (χ4n) is 1.44. The van der Waals surface area contributed by atoms with Gasteiger partial charge in [0.1, 0.15) is 22.5 Å². The molecule has 1 N–H and O–H groups in total. The number of anilines is 1. The summed E-state index contributed by atoms with van der Waals surface area (Å²) in [5.74, 6) is -1.43. The number of hydrogen-bond acceptors (Lipinski definition) is 4. The lowest BCUT2D eigenvalue weighted by Gasteiger charge is -2.06. The number of aryl methyl sites for hydroxylation is 1. The van der Waals surface area contributed by atoms with Gasteiger partial charge in [-0.05, 0) is 28.9 Å². The van der Waals surface area contributed by atoms with Crippen LogP contribution >= 0.6 is 27.3 Å². The first-order chi connectivity index (χ1) is 9.51. The summed E-state index contributed by atoms with van der Waals surface area (Å²) in [5.41, 5.74) is 1.14. The zero-order chi connectivity index (χ0) is 14.7. The predicted molar refractivity (Wildman–Crippen MR) is 78.1 cm³/mol. The summed E-state index contributed by atoms with van der Waals surface area (Å²) in [5, 5.41) is 14.1. The van der Waals surface area contributed by atoms with Crippen LogP contribution in [0.2, 0.25) is 0 Å². The number of allylic oxidation sites excluding steroid dienone is 1. The molecular weight excluding hydrogens is 348 g/mol. The highest BCUT2D eigenvalue weighted by Gasteiger charge is 2.10. The average molecular weight is 356 g/mol. The maximum atomic E-state index is 13.6. The molecule has 102 valence electrons. The van der Waals surface area contributed by atoms with E-state index in [1.54, 1.807) is 0 Å². The molecule has 0 amide bonds. The molecule has 0 bridgehead atoms. The van der Waals surface area contributed by atoms with E-state index in [0.29, 0.717) is 5.01 Å². The quantitative estimate of drug-likeness (QED) is 0.826. The van der Waals surface area contributed by atoms with Crippen LogP contribution in [0.4, 0.5) is 14.5 Å². The van der Waals surface area contributed by atoms with Crippen molar-refractivity contribution in [1.29, 1.82) is 5.26 Å². The summed E-state index contributed by atoms with van der Waals surface area (Å²) in [4.78, 5) is 4.18. The van der Waals surface area contributed by atoms with Gasteiger partial charge in [-0.25, -0.2) is 13.8 Å². The molecule has 0 unspecified atom stereocenters. The molecule has 0 atom stereocenters. The van der Waals surface area contributed by atoms with Gasteiger partial charge in [-0.2, -0.15) is 5.26 Å². The molecule has 0 aliphatic heterocycles. The maximum absolute atomic E-state index is 13.6. The van der Waals surface area contributed by atoms with E-state index >= 15 is 0 Å². The van der Waals surface area contributed by atoms with Crippen molar-refractivity contribution < 1.29 is 8.78 Å². The molecule has 0 spiro atoms. The Morgan fingerprint density at radius 2 is 2.25 bits per heavy atom. The Bertz CT molecular complexity index is 696. The Labute approximate surface area is 126 Å². The molecule has 3 nitrogen and oxygen atoms in total. The predicted octanol–water partition coefficient (Wildman–Crippen LogP) is 4.47. The number of halogens is 3. The van der Waals surface area contributed by atoms with Crippen LogP contribution in [0, 0.1) is 29.9 Å². The average Bonchev–Trinajstić information content (AvgIpc) is 2.79. The number of benzene rings is 1. The molecule has 0 saturated heterocycles. The summed E-state index contributed by atoms with van der Waals surface area (Å²) in [6.07, 6.45) is 1.35. The highest BCUT2D eigenvalue weighted by atomic mass is 79.9. The molecule has 1 heterocycles. The number of hydrogen-bond donors (Lipinski definition) is 1. The zero-order valence-electron chi connectivity index (χ0n) is 10.2. The van der Waals surface area contributed by atoms with Gasteiger partial charge >= 0.3 is 0 Å². The van der Waals surface area contributed by atoms with E-state index in [-0.39, 0.29) is 15.7 Å². The smallest absolute Gasteiger partial charge is 0.150 e. The van der Waals surface area contributed by atoms with Crippen LogP contribution in [-0.4, -0.2) is 4.98 Å². The van der Waals surface area contributed by atoms with Crippen LogP contribution in [0.1, 0.15) is 10.7 Å². The molecule has 7 heteroatoms. The molecule has 2 aromatic rings. The molecule has 20 heavy (non-hydrogen) atoms. The topological polar surface area (TPSA) is 48.7 Å². The standard InChI is InChI=1S/C13H8BrF2N3S/c1-7-6-20-13(19-7)8(4-17)5-18-12-10(14)2-9(15)3-11(12)16/h2-3,5-6,18H,1H3/b8-5+. The van der Waals surface area contributed by atoms with E-state index in [9.17, 15) is 8.78 Å². The molecule has 0 radical (unpaired) electrons. The Hall–Kier alpha value is -1.78. The van der Waals surface area contributed by atoms with Crippen molar-refractivity contribution in [2.75, 3.05) is 5.32 Å². The van der Waals surface area contributed by atoms with Gasteiger partial charge in [0.25, 0.3) is 0 Å². The van der Waals surface area contributed by atoms with Crippen LogP contribution in [0.25, 0.3) is 5.57 Å². The van der Waals surface area contributed by atoms with E-state index in [2.05, 4.69) is 26.2 Å². The Morgan fingerprint density at radius 1 is 1.50 bits per heavy atom. The molecule has 0 aliphatic rings. The first-order valence-electron chi connectivity index (χ1n) is 5.45. The highest BCUT2D eigenvalue weighted by Crippen LogP contribution is 2.28. The van der Waals surface area contributed by atoms with Crippen molar-refractivity contribution in [3.63, 3.8) is 0 Å². The van der Waals surface area contributed by atoms with Crippen LogP contribution in [0.15, 0.2) is 28.2 Å². The van der Waals surface area contributed by atoms with Crippen molar-refractivity contribution >= 4 is 38.5 Å². The van der Waals surface area contributed by atoms with Gasteiger partial charge in [-0.1, -0.05) is 0 Å². The first kappa shape index (κ1) is 14.6. The molecule has 0 aliphatic carbocycles. The summed E-state index contributed by atoms with van der Waals surface area (Å²) < 4.78 is 26.8. The van der Waals surface area contributed by atoms with Crippen LogP contribution in [-0.2, 0) is 0 Å². The third-order valence-corrected chi connectivity index (χ3v) is 3.96. The van der Waals surface area contributed by atoms with E-state index < -0.39 is 11.6 Å². The summed E-state index contributed by atoms with van der Waals surface area (Å²) in [6.45, 7) is 1.82. The van der Waals surface area contributed by atoms with Gasteiger partial charge in [0, 0.05) is 27.8 Å². The number of nitrogens with zero attached hydrogens (tertiary/aromatic N) is 2. The second-order valence-corrected chi connectivity index (χ2v) is 5.57. The number of rotatable bonds is 3. The molecular formula is C13H8BrF2N3S. The van der Waals surface area contributed by atoms with Gasteiger partial charge in [-0.3, -0.25) is 0 Å². The lowest BCUT2D eigenvalue weighted by Crippen LogP contribution is -1.96. The SMILES string of the molecule is Cc1csc(/C(C#N)=C/Nc2c(F)cc(F)cc2Br)n1. The van der Waals surface area contributed by atoms with E-state index in [1.165, 1.54) is 17.5 Å². The number of aromatic nitrogens is 1. The number of nitriles is 1. The van der Waals surface area contributed by atoms with Crippen molar-refractivity contribution in [3.05, 3.63) is 50.5 Å². The highest BCUT2D eigenvalue weighted by molar-refractivity contribution is 9.10. The summed E-state index contributed by atoms with van der Waals surface area (Å²) in [7, 11) is 0. The van der Waals surface area contributed by atoms with Gasteiger partial charge in [0.15, 0.2) is 5.82 Å². The largest absolute Gasteiger partial charge is 0.357 e. The Kier molecular flexibility index (Phi) is 4.47. The lowest BCUT2D eigenvalue weighted by atomic mass is 10.3. The van der Waals surface area contributed by atoms with Crippen LogP contribution < -0.4 is 5.32 Å². The lowest BCUT2D eigenvalue weighted by molar-refractivity contribution is 0.584. The van der Waals surface area contributed by atoms with E-state index in [4.69, 9.17) is 5.26 Å². The van der Waals surface area contributed by atoms with Gasteiger partial charge in [-0.15, -0.1) is 11.3 Å². The monoisotopic (exact) mass is 355 g/mol. The minimum atomic E-state index is -0.749. The summed E-state index contributed by atoms with van der Waals surface area (Å²) >= 11 is 4.38. The third-order valence-electron chi connectivity index (χ3n) is 2.34. The minimum absolute atomic E-state index is 0.0624. The molecule has 1 aromatic heterocycles. The Balaban J connectivity index is 2.31. The number of nitrogens with one attached hydrogen (secondary N) is 1. The molecule has 1 aromatic carbocycles. The normalized spacial score (nSPS) is 11.2. The fraction of sp³-hybridized carbons (Fsp3) is 0.0769. The third kappa shape index (κ3) is 3.21. The van der Waals surface area contributed by atoms with Crippen molar-refractivity contribution in [2.24, 2.45) is 0 Å². The molecule has 0 saturated carbocycles. The van der Waals surface area contributed by atoms with Crippen LogP contribution in [0.5, 0.6) is 0 Å². The Morgan fingerprint density at radius 3 is 2.80 bits per heavy atom. The van der Waals surface area contributed by atoms with Gasteiger partial charge in [0.2, 0.25) is 0 Å². The molecule has 0 fully saturated rings. The number of thiazole rings is 1. The van der Waals surface area contributed by atoms with Gasteiger partial charge < -0.3 is 5.32 Å².